The summed E-state index contributed by atoms with van der Waals surface area (Å²) in [6.45, 7) is 2.84. The largest absolute Gasteiger partial charge is 0.416 e. The molecule has 9 heteroatoms. The summed E-state index contributed by atoms with van der Waals surface area (Å²) in [4.78, 5) is 22.6. The number of primary amides is 1. The van der Waals surface area contributed by atoms with Crippen LogP contribution in [0.25, 0.3) is 0 Å². The molecular formula is C14H15F5N2O2. The van der Waals surface area contributed by atoms with E-state index in [-0.39, 0.29) is 0 Å². The highest BCUT2D eigenvalue weighted by Gasteiger charge is 2.45. The van der Waals surface area contributed by atoms with Crippen LogP contribution in [0.3, 0.4) is 0 Å². The van der Waals surface area contributed by atoms with Gasteiger partial charge in [-0.25, -0.2) is 0 Å². The van der Waals surface area contributed by atoms with Gasteiger partial charge in [0.05, 0.1) is 12.0 Å². The number of amides is 2. The zero-order valence-electron chi connectivity index (χ0n) is 12.3. The molecule has 0 bridgehead atoms. The minimum atomic E-state index is -4.97. The van der Waals surface area contributed by atoms with Crippen molar-refractivity contribution in [3.63, 3.8) is 0 Å². The van der Waals surface area contributed by atoms with Gasteiger partial charge in [0.2, 0.25) is 5.91 Å². The Hall–Kier alpha value is -2.19. The monoisotopic (exact) mass is 338 g/mol. The predicted molar refractivity (Wildman–Crippen MR) is 71.5 cm³/mol. The molecule has 0 aliphatic carbocycles. The zero-order valence-corrected chi connectivity index (χ0v) is 12.3. The standard InChI is InChI=1S/C14H15F5N2O2/c1-7(2)21-12(23)13(15,16)9-4-3-5-10(14(17,18)19)8(9)6-11(20)22/h3-5,7H,6H2,1-2H3,(H2,20,22)(H,21,23). The molecule has 0 heterocycles. The van der Waals surface area contributed by atoms with Gasteiger partial charge in [0.1, 0.15) is 0 Å². The van der Waals surface area contributed by atoms with E-state index in [9.17, 15) is 31.5 Å². The molecule has 128 valence electrons. The Morgan fingerprint density at radius 2 is 1.65 bits per heavy atom. The Balaban J connectivity index is 3.51. The average Bonchev–Trinajstić information content (AvgIpc) is 2.35. The molecule has 0 radical (unpaired) electrons. The third kappa shape index (κ3) is 4.40. The smallest absolute Gasteiger partial charge is 0.369 e. The van der Waals surface area contributed by atoms with Crippen LogP contribution in [0.1, 0.15) is 30.5 Å². The van der Waals surface area contributed by atoms with E-state index in [2.05, 4.69) is 0 Å². The number of carbonyl (C=O) groups excluding carboxylic acids is 2. The summed E-state index contributed by atoms with van der Waals surface area (Å²) in [5, 5.41) is 1.93. The molecule has 0 saturated carbocycles. The van der Waals surface area contributed by atoms with Crippen LogP contribution >= 0.6 is 0 Å². The van der Waals surface area contributed by atoms with Gasteiger partial charge in [0.15, 0.2) is 0 Å². The molecule has 1 rings (SSSR count). The number of carbonyl (C=O) groups is 2. The van der Waals surface area contributed by atoms with Gasteiger partial charge in [-0.05, 0) is 25.5 Å². The van der Waals surface area contributed by atoms with E-state index in [4.69, 9.17) is 5.73 Å². The van der Waals surface area contributed by atoms with Crippen LogP contribution < -0.4 is 11.1 Å². The second-order valence-electron chi connectivity index (χ2n) is 5.18. The lowest BCUT2D eigenvalue weighted by Gasteiger charge is -2.23. The van der Waals surface area contributed by atoms with Gasteiger partial charge in [-0.1, -0.05) is 12.1 Å². The minimum Gasteiger partial charge on any atom is -0.369 e. The predicted octanol–water partition coefficient (Wildman–Crippen LogP) is 2.35. The summed E-state index contributed by atoms with van der Waals surface area (Å²) in [5.74, 6) is -7.21. The van der Waals surface area contributed by atoms with Gasteiger partial charge in [0.25, 0.3) is 5.91 Å². The topological polar surface area (TPSA) is 72.2 Å². The molecule has 3 N–H and O–H groups in total. The number of nitrogens with two attached hydrogens (primary N) is 1. The van der Waals surface area contributed by atoms with Crippen molar-refractivity contribution in [2.75, 3.05) is 0 Å². The summed E-state index contributed by atoms with van der Waals surface area (Å²) < 4.78 is 67.5. The molecule has 0 atom stereocenters. The van der Waals surface area contributed by atoms with Crippen molar-refractivity contribution in [3.05, 3.63) is 34.9 Å². The normalized spacial score (nSPS) is 12.3. The summed E-state index contributed by atoms with van der Waals surface area (Å²) in [6.07, 6.45) is -6.03. The molecular weight excluding hydrogens is 323 g/mol. The van der Waals surface area contributed by atoms with Crippen LogP contribution in [-0.4, -0.2) is 17.9 Å². The van der Waals surface area contributed by atoms with Gasteiger partial charge in [-0.15, -0.1) is 0 Å². The number of alkyl halides is 5. The highest BCUT2D eigenvalue weighted by atomic mass is 19.4. The Bertz CT molecular complexity index is 612. The number of rotatable bonds is 5. The van der Waals surface area contributed by atoms with E-state index in [1.807, 2.05) is 5.32 Å². The Morgan fingerprint density at radius 3 is 2.09 bits per heavy atom. The fourth-order valence-corrected chi connectivity index (χ4v) is 1.99. The number of benzene rings is 1. The zero-order chi connectivity index (χ0) is 18.0. The van der Waals surface area contributed by atoms with Crippen LogP contribution in [-0.2, 0) is 28.1 Å². The van der Waals surface area contributed by atoms with Crippen LogP contribution in [0.15, 0.2) is 18.2 Å². The lowest BCUT2D eigenvalue weighted by atomic mass is 9.93. The first kappa shape index (κ1) is 18.9. The first-order valence-electron chi connectivity index (χ1n) is 6.54. The van der Waals surface area contributed by atoms with Crippen LogP contribution in [0, 0.1) is 0 Å². The summed E-state index contributed by atoms with van der Waals surface area (Å²) in [5.41, 5.74) is 1.23. The third-order valence-corrected chi connectivity index (χ3v) is 2.88. The van der Waals surface area contributed by atoms with E-state index in [0.717, 1.165) is 6.07 Å². The molecule has 0 fully saturated rings. The number of hydrogen-bond donors (Lipinski definition) is 2. The molecule has 1 aromatic rings. The van der Waals surface area contributed by atoms with E-state index < -0.39 is 53.1 Å². The molecule has 23 heavy (non-hydrogen) atoms. The number of hydrogen-bond acceptors (Lipinski definition) is 2. The first-order valence-corrected chi connectivity index (χ1v) is 6.54. The Morgan fingerprint density at radius 1 is 1.13 bits per heavy atom. The van der Waals surface area contributed by atoms with Crippen molar-refractivity contribution in [2.45, 2.75) is 38.4 Å². The SMILES string of the molecule is CC(C)NC(=O)C(F)(F)c1cccc(C(F)(F)F)c1CC(N)=O. The van der Waals surface area contributed by atoms with Gasteiger partial charge in [-0.2, -0.15) is 22.0 Å². The third-order valence-electron chi connectivity index (χ3n) is 2.88. The number of nitrogens with one attached hydrogen (secondary N) is 1. The summed E-state index contributed by atoms with van der Waals surface area (Å²) in [7, 11) is 0. The molecule has 0 aromatic heterocycles. The highest BCUT2D eigenvalue weighted by Crippen LogP contribution is 2.39. The second kappa shape index (κ2) is 6.51. The van der Waals surface area contributed by atoms with Crippen molar-refractivity contribution in [1.29, 1.82) is 0 Å². The van der Waals surface area contributed by atoms with E-state index >= 15 is 0 Å². The van der Waals surface area contributed by atoms with Gasteiger partial charge in [0, 0.05) is 11.6 Å². The van der Waals surface area contributed by atoms with Crippen molar-refractivity contribution < 1.29 is 31.5 Å². The fraction of sp³-hybridized carbons (Fsp3) is 0.429. The van der Waals surface area contributed by atoms with Gasteiger partial charge >= 0.3 is 12.1 Å². The molecule has 2 amide bonds. The Labute approximate surface area is 128 Å². The maximum Gasteiger partial charge on any atom is 0.416 e. The van der Waals surface area contributed by atoms with Gasteiger partial charge in [-0.3, -0.25) is 9.59 Å². The first-order chi connectivity index (χ1) is 10.4. The van der Waals surface area contributed by atoms with E-state index in [1.165, 1.54) is 13.8 Å². The van der Waals surface area contributed by atoms with Gasteiger partial charge < -0.3 is 11.1 Å². The highest BCUT2D eigenvalue weighted by molar-refractivity contribution is 5.86. The average molecular weight is 338 g/mol. The van der Waals surface area contributed by atoms with Crippen LogP contribution in [0.4, 0.5) is 22.0 Å². The second-order valence-corrected chi connectivity index (χ2v) is 5.18. The molecule has 0 unspecified atom stereocenters. The molecule has 0 aliphatic rings. The number of halogens is 5. The lowest BCUT2D eigenvalue weighted by molar-refractivity contribution is -0.148. The maximum absolute atomic E-state index is 14.3. The van der Waals surface area contributed by atoms with Crippen molar-refractivity contribution in [2.24, 2.45) is 5.73 Å². The summed E-state index contributed by atoms with van der Waals surface area (Å²) >= 11 is 0. The van der Waals surface area contributed by atoms with Crippen LogP contribution in [0.5, 0.6) is 0 Å². The molecule has 0 saturated heterocycles. The van der Waals surface area contributed by atoms with Crippen LogP contribution in [0.2, 0.25) is 0 Å². The summed E-state index contributed by atoms with van der Waals surface area (Å²) in [6, 6.07) is 1.34. The molecule has 4 nitrogen and oxygen atoms in total. The minimum absolute atomic E-state index is 0.554. The van der Waals surface area contributed by atoms with Crippen molar-refractivity contribution in [1.82, 2.24) is 5.32 Å². The van der Waals surface area contributed by atoms with Crippen molar-refractivity contribution in [3.8, 4) is 0 Å². The molecule has 1 aromatic carbocycles. The lowest BCUT2D eigenvalue weighted by Crippen LogP contribution is -2.42. The molecule has 0 spiro atoms. The van der Waals surface area contributed by atoms with E-state index in [1.54, 1.807) is 0 Å². The maximum atomic E-state index is 14.3. The van der Waals surface area contributed by atoms with E-state index in [0.29, 0.717) is 12.1 Å². The Kier molecular flexibility index (Phi) is 5.34. The fourth-order valence-electron chi connectivity index (χ4n) is 1.99. The quantitative estimate of drug-likeness (QED) is 0.809. The molecule has 0 aliphatic heterocycles. The van der Waals surface area contributed by atoms with Crippen molar-refractivity contribution >= 4 is 11.8 Å².